The van der Waals surface area contributed by atoms with Crippen LogP contribution in [-0.2, 0) is 97.6 Å². The summed E-state index contributed by atoms with van der Waals surface area (Å²) in [6.45, 7) is 15.7. The molecule has 0 atom stereocenters. The molecule has 776 valence electrons. The van der Waals surface area contributed by atoms with Gasteiger partial charge in [-0.1, -0.05) is 119 Å². The van der Waals surface area contributed by atoms with Gasteiger partial charge in [-0.15, -0.1) is 0 Å². The van der Waals surface area contributed by atoms with E-state index >= 15 is 0 Å². The number of methoxy groups -OCH3 is 4. The van der Waals surface area contributed by atoms with Gasteiger partial charge in [-0.05, 0) is 258 Å². The third-order valence-electron chi connectivity index (χ3n) is 27.8. The van der Waals surface area contributed by atoms with Gasteiger partial charge in [0.15, 0.2) is 0 Å². The Morgan fingerprint density at radius 1 is 0.400 bits per heavy atom. The fraction of sp³-hybridized carbons (Fsp3) is 0.328. The van der Waals surface area contributed by atoms with Crippen LogP contribution in [0.15, 0.2) is 249 Å². The van der Waals surface area contributed by atoms with Gasteiger partial charge in [0.25, 0.3) is 17.7 Å². The standard InChI is InChI=1S/2C26H29N3O3.C24H26Cl2N4O.C22H23N3O2.C21H20Cl2N4O/c1-31-22-6-3-5-20(14-22)26(30)29(15-18-8-9-18)16-21-13-19(10-11-24(21)32-2)23-17-28-12-4-7-25(28)27-23;1-31-22-6-3-5-20(13-22)26(30)29(15-18-8-9-18)16-19-11-21(14-23(12-19)32-2)24-17-28-10-4-7-25(28)27-24;1-16(2)30(24(31)28(3)21-12-19(25)11-20(26)13-21)14-17-6-4-7-18(10-17)22-15-29-9-5-8-23(29)27-22;1-2-27-19-9-4-8-18(13-19)22(26)23-14-16-6-3-7-17(12-16)20-15-25-11-5-10-21(25)24-20;1-26(21(28)24-18-10-16(22)9-17(23)11-18)12-14-4-2-5-15(8-14)19-13-27-7-3-6-20(27)25-19/h3,5-6,10-11,13-14,17-18H,4,7-9,12,15-16H2,1-2H3;3,5-6,11-14,17-18H,4,7-10,15-16H2,1-2H3;4,6-7,10-13,15-16H,5,8-9,14H2,1-3H3;3-4,6-9,12-13,15H,2,5,10-11,14H2,1H3,(H,23,26);2,4-5,8-11,13H,3,6-7,12H2,1H3,(H,24,28). The Balaban J connectivity index is 0.000000123. The lowest BCUT2D eigenvalue weighted by atomic mass is 10.1. The van der Waals surface area contributed by atoms with Crippen LogP contribution in [0, 0.1) is 11.8 Å². The van der Waals surface area contributed by atoms with Crippen LogP contribution in [0.1, 0.15) is 167 Å². The summed E-state index contributed by atoms with van der Waals surface area (Å²) in [6.07, 6.45) is 26.4. The van der Waals surface area contributed by atoms with Gasteiger partial charge < -0.3 is 76.8 Å². The molecule has 5 aromatic heterocycles. The van der Waals surface area contributed by atoms with Crippen molar-refractivity contribution < 1.29 is 47.7 Å². The highest BCUT2D eigenvalue weighted by molar-refractivity contribution is 6.36. The number of hydrogen-bond acceptors (Lipinski definition) is 15. The number of rotatable bonds is 31. The number of carbonyl (C=O) groups excluding carboxylic acids is 5. The number of amides is 7. The van der Waals surface area contributed by atoms with Gasteiger partial charge in [0.2, 0.25) is 0 Å². The lowest BCUT2D eigenvalue weighted by Crippen LogP contribution is -2.44. The molecule has 0 spiro atoms. The second kappa shape index (κ2) is 48.8. The Labute approximate surface area is 896 Å². The topological polar surface area (TPSA) is 261 Å². The molecule has 150 heavy (non-hydrogen) atoms. The van der Waals surface area contributed by atoms with E-state index < -0.39 is 0 Å². The zero-order valence-corrected chi connectivity index (χ0v) is 89.3. The van der Waals surface area contributed by atoms with Gasteiger partial charge >= 0.3 is 12.1 Å². The van der Waals surface area contributed by atoms with Crippen LogP contribution < -0.4 is 39.2 Å². The van der Waals surface area contributed by atoms with E-state index in [4.69, 9.17) is 95.0 Å². The van der Waals surface area contributed by atoms with Crippen molar-refractivity contribution in [3.8, 4) is 85.0 Å². The highest BCUT2D eigenvalue weighted by Gasteiger charge is 2.33. The van der Waals surface area contributed by atoms with Crippen molar-refractivity contribution in [3.05, 3.63) is 343 Å². The van der Waals surface area contributed by atoms with Crippen LogP contribution >= 0.6 is 46.4 Å². The van der Waals surface area contributed by atoms with Gasteiger partial charge in [0, 0.05) is 243 Å². The zero-order chi connectivity index (χ0) is 105. The lowest BCUT2D eigenvalue weighted by Gasteiger charge is -2.31. The van der Waals surface area contributed by atoms with Gasteiger partial charge in [-0.2, -0.15) is 0 Å². The van der Waals surface area contributed by atoms with Crippen molar-refractivity contribution in [2.24, 2.45) is 11.8 Å². The third kappa shape index (κ3) is 27.0. The number of aromatic nitrogens is 10. The summed E-state index contributed by atoms with van der Waals surface area (Å²) in [5.74, 6) is 10.5. The molecule has 15 aromatic rings. The summed E-state index contributed by atoms with van der Waals surface area (Å²) >= 11 is 24.2. The number of ether oxygens (including phenoxy) is 5. The first kappa shape index (κ1) is 105. The summed E-state index contributed by atoms with van der Waals surface area (Å²) in [6, 6.07) is 68.7. The first-order chi connectivity index (χ1) is 72.8. The van der Waals surface area contributed by atoms with E-state index in [1.165, 1.54) is 51.4 Å². The summed E-state index contributed by atoms with van der Waals surface area (Å²) in [5, 5.41) is 7.75. The molecule has 2 saturated carbocycles. The fourth-order valence-corrected chi connectivity index (χ4v) is 20.6. The molecule has 10 heterocycles. The molecular formula is C119H127Cl4N17O10. The van der Waals surface area contributed by atoms with E-state index in [2.05, 4.69) is 119 Å². The first-order valence-corrected chi connectivity index (χ1v) is 53.1. The molecule has 27 nitrogen and oxygen atoms in total. The van der Waals surface area contributed by atoms with Gasteiger partial charge in [0.05, 0.1) is 63.5 Å². The van der Waals surface area contributed by atoms with E-state index in [0.717, 1.165) is 209 Å². The molecule has 22 rings (SSSR count). The smallest absolute Gasteiger partial charge is 0.324 e. The summed E-state index contributed by atoms with van der Waals surface area (Å²) in [4.78, 5) is 97.9. The molecule has 2 aliphatic carbocycles. The van der Waals surface area contributed by atoms with Gasteiger partial charge in [-0.3, -0.25) is 19.3 Å². The fourth-order valence-electron chi connectivity index (χ4n) is 19.6. The third-order valence-corrected chi connectivity index (χ3v) is 28.7. The van der Waals surface area contributed by atoms with Crippen molar-refractivity contribution in [1.29, 1.82) is 0 Å². The van der Waals surface area contributed by atoms with Crippen molar-refractivity contribution in [2.45, 2.75) is 182 Å². The largest absolute Gasteiger partial charge is 0.497 e. The van der Waals surface area contributed by atoms with Crippen molar-refractivity contribution in [1.82, 2.24) is 72.7 Å². The summed E-state index contributed by atoms with van der Waals surface area (Å²) in [5.41, 5.74) is 18.5. The number of urea groups is 2. The Morgan fingerprint density at radius 3 is 1.25 bits per heavy atom. The summed E-state index contributed by atoms with van der Waals surface area (Å²) < 4.78 is 38.5. The predicted molar refractivity (Wildman–Crippen MR) is 591 cm³/mol. The first-order valence-electron chi connectivity index (χ1n) is 51.6. The van der Waals surface area contributed by atoms with Crippen LogP contribution in [0.25, 0.3) is 56.3 Å². The molecule has 0 saturated heterocycles. The number of anilines is 2. The van der Waals surface area contributed by atoms with Crippen LogP contribution in [0.5, 0.6) is 28.7 Å². The van der Waals surface area contributed by atoms with Crippen LogP contribution in [-0.4, -0.2) is 165 Å². The molecule has 31 heteroatoms. The number of nitrogens with one attached hydrogen (secondary N) is 2. The van der Waals surface area contributed by atoms with E-state index in [-0.39, 0.29) is 35.8 Å². The minimum absolute atomic E-state index is 0.0178. The number of aryl methyl sites for hydroxylation is 10. The maximum atomic E-state index is 13.4. The molecule has 7 amide bonds. The van der Waals surface area contributed by atoms with Gasteiger partial charge in [-0.25, -0.2) is 34.5 Å². The van der Waals surface area contributed by atoms with Crippen LogP contribution in [0.2, 0.25) is 20.1 Å². The second-order valence-corrected chi connectivity index (χ2v) is 41.1. The maximum absolute atomic E-state index is 13.4. The Kier molecular flexibility index (Phi) is 34.2. The number of fused-ring (bicyclic) bond motifs is 5. The number of benzene rings is 10. The Morgan fingerprint density at radius 2 is 0.807 bits per heavy atom. The van der Waals surface area contributed by atoms with E-state index in [1.807, 2.05) is 151 Å². The Hall–Kier alpha value is -14.6. The van der Waals surface area contributed by atoms with Gasteiger partial charge in [0.1, 0.15) is 57.9 Å². The number of nitrogens with zero attached hydrogens (tertiary/aromatic N) is 15. The average Bonchev–Trinajstić information content (AvgIpc) is 1.62. The molecule has 2 fully saturated rings. The quantitative estimate of drug-likeness (QED) is 0.0409. The molecule has 5 aliphatic heterocycles. The number of halogens is 4. The molecule has 7 aliphatic rings. The summed E-state index contributed by atoms with van der Waals surface area (Å²) in [7, 11) is 10.1. The predicted octanol–water partition coefficient (Wildman–Crippen LogP) is 24.7. The zero-order valence-electron chi connectivity index (χ0n) is 86.3. The molecule has 10 aromatic carbocycles. The maximum Gasteiger partial charge on any atom is 0.324 e. The minimum atomic E-state index is -0.232. The average molecular weight is 2100 g/mol. The number of imidazole rings is 5. The van der Waals surface area contributed by atoms with Crippen molar-refractivity contribution >= 4 is 87.6 Å². The molecule has 2 N–H and O–H groups in total. The second-order valence-electron chi connectivity index (χ2n) is 39.4. The highest BCUT2D eigenvalue weighted by Crippen LogP contribution is 2.39. The molecule has 0 unspecified atom stereocenters. The highest BCUT2D eigenvalue weighted by atomic mass is 35.5. The molecular weight excluding hydrogens is 1970 g/mol. The van der Waals surface area contributed by atoms with Crippen molar-refractivity contribution in [2.75, 3.05) is 72.4 Å². The number of carbonyl (C=O) groups is 5. The molecule has 0 radical (unpaired) electrons. The minimum Gasteiger partial charge on any atom is -0.497 e. The SMILES string of the molecule is CC(C)N(Cc1cccc(-c2cn3c(n2)CCC3)c1)C(=O)N(C)c1cc(Cl)cc(Cl)c1.CCOc1cccc(C(=O)NCc2cccc(-c3cn4c(n3)CCC4)c2)c1.CN(Cc1cccc(-c2cn3c(n2)CCC3)c1)C(=O)Nc1cc(Cl)cc(Cl)c1.COc1cccc(C(=O)N(Cc2cc(-c3cn4c(n3)CCC4)ccc2OC)CC2CC2)c1.COc1cccc(C(=O)N(Cc2cc(OC)cc(-c3cn4c(n3)CCC4)c2)CC2CC2)c1. The lowest BCUT2D eigenvalue weighted by molar-refractivity contribution is 0.0727. The van der Waals surface area contributed by atoms with E-state index in [9.17, 15) is 24.0 Å². The van der Waals surface area contributed by atoms with Crippen molar-refractivity contribution in [3.63, 3.8) is 0 Å². The Bertz CT molecular complexity index is 7210. The molecule has 0 bridgehead atoms. The van der Waals surface area contributed by atoms with Crippen LogP contribution in [0.4, 0.5) is 21.0 Å². The monoisotopic (exact) mass is 2090 g/mol. The number of hydrogen-bond donors (Lipinski definition) is 2. The normalized spacial score (nSPS) is 13.6. The van der Waals surface area contributed by atoms with E-state index in [0.29, 0.717) is 117 Å². The van der Waals surface area contributed by atoms with E-state index in [1.54, 1.807) is 101 Å². The van der Waals surface area contributed by atoms with Crippen LogP contribution in [0.3, 0.4) is 0 Å².